The predicted octanol–water partition coefficient (Wildman–Crippen LogP) is 5.56. The smallest absolute Gasteiger partial charge is 0.0998 e. The standard InChI is InChI=1S/C19H12ClN/c20-18-9-4-7-15(12-18)17(13-21)11-16-8-3-6-14-5-1-2-10-19(14)16/h1-12H/b17-11-. The number of rotatable bonds is 2. The van der Waals surface area contributed by atoms with Crippen LogP contribution in [-0.2, 0) is 0 Å². The van der Waals surface area contributed by atoms with Gasteiger partial charge in [0.1, 0.15) is 0 Å². The molecule has 0 N–H and O–H groups in total. The number of hydrogen-bond donors (Lipinski definition) is 0. The third kappa shape index (κ3) is 2.81. The van der Waals surface area contributed by atoms with Gasteiger partial charge in [0.05, 0.1) is 11.6 Å². The molecule has 0 aliphatic heterocycles. The molecule has 0 heterocycles. The van der Waals surface area contributed by atoms with E-state index in [2.05, 4.69) is 24.3 Å². The monoisotopic (exact) mass is 289 g/mol. The molecule has 0 aromatic heterocycles. The molecular formula is C19H12ClN. The highest BCUT2D eigenvalue weighted by molar-refractivity contribution is 6.30. The molecular weight excluding hydrogens is 278 g/mol. The molecule has 0 fully saturated rings. The summed E-state index contributed by atoms with van der Waals surface area (Å²) in [7, 11) is 0. The van der Waals surface area contributed by atoms with Gasteiger partial charge in [0.15, 0.2) is 0 Å². The third-order valence-electron chi connectivity index (χ3n) is 3.38. The Kier molecular flexibility index (Phi) is 3.73. The highest BCUT2D eigenvalue weighted by atomic mass is 35.5. The molecule has 3 aromatic carbocycles. The first kappa shape index (κ1) is 13.4. The number of nitrogens with zero attached hydrogens (tertiary/aromatic N) is 1. The van der Waals surface area contributed by atoms with Crippen molar-refractivity contribution in [3.63, 3.8) is 0 Å². The molecule has 0 saturated carbocycles. The van der Waals surface area contributed by atoms with Gasteiger partial charge >= 0.3 is 0 Å². The molecule has 0 atom stereocenters. The SMILES string of the molecule is N#C/C(=C/c1cccc2ccccc12)c1cccc(Cl)c1. The molecule has 2 heteroatoms. The van der Waals surface area contributed by atoms with Crippen LogP contribution in [0.3, 0.4) is 0 Å². The normalized spacial score (nSPS) is 11.3. The average molecular weight is 290 g/mol. The zero-order chi connectivity index (χ0) is 14.7. The van der Waals surface area contributed by atoms with Crippen molar-refractivity contribution in [1.29, 1.82) is 5.26 Å². The fourth-order valence-corrected chi connectivity index (χ4v) is 2.56. The van der Waals surface area contributed by atoms with E-state index in [1.807, 2.05) is 48.5 Å². The van der Waals surface area contributed by atoms with Gasteiger partial charge in [-0.15, -0.1) is 0 Å². The summed E-state index contributed by atoms with van der Waals surface area (Å²) in [5, 5.41) is 12.4. The van der Waals surface area contributed by atoms with Crippen LogP contribution in [0.1, 0.15) is 11.1 Å². The summed E-state index contributed by atoms with van der Waals surface area (Å²) in [6, 6.07) is 23.9. The Hall–Kier alpha value is -2.56. The van der Waals surface area contributed by atoms with Crippen LogP contribution in [0.5, 0.6) is 0 Å². The summed E-state index contributed by atoms with van der Waals surface area (Å²) in [4.78, 5) is 0. The minimum atomic E-state index is 0.605. The van der Waals surface area contributed by atoms with Crippen molar-refractivity contribution >= 4 is 34.0 Å². The van der Waals surface area contributed by atoms with E-state index in [1.165, 1.54) is 0 Å². The summed E-state index contributed by atoms with van der Waals surface area (Å²) in [6.45, 7) is 0. The maximum absolute atomic E-state index is 9.44. The van der Waals surface area contributed by atoms with Crippen LogP contribution in [0.25, 0.3) is 22.4 Å². The second-order valence-electron chi connectivity index (χ2n) is 4.75. The van der Waals surface area contributed by atoms with Gasteiger partial charge in [0, 0.05) is 5.02 Å². The van der Waals surface area contributed by atoms with Gasteiger partial charge in [-0.2, -0.15) is 5.26 Å². The Labute approximate surface area is 128 Å². The van der Waals surface area contributed by atoms with Gasteiger partial charge in [-0.05, 0) is 40.1 Å². The lowest BCUT2D eigenvalue weighted by Gasteiger charge is -2.04. The Morgan fingerprint density at radius 2 is 1.71 bits per heavy atom. The first-order valence-electron chi connectivity index (χ1n) is 6.63. The maximum atomic E-state index is 9.44. The van der Waals surface area contributed by atoms with Gasteiger partial charge in [-0.3, -0.25) is 0 Å². The van der Waals surface area contributed by atoms with Gasteiger partial charge in [0.25, 0.3) is 0 Å². The summed E-state index contributed by atoms with van der Waals surface area (Å²) < 4.78 is 0. The minimum Gasteiger partial charge on any atom is -0.192 e. The Balaban J connectivity index is 2.16. The topological polar surface area (TPSA) is 23.8 Å². The number of halogens is 1. The summed E-state index contributed by atoms with van der Waals surface area (Å²) in [5.41, 5.74) is 2.47. The molecule has 100 valence electrons. The molecule has 21 heavy (non-hydrogen) atoms. The molecule has 0 unspecified atom stereocenters. The van der Waals surface area contributed by atoms with Crippen molar-refractivity contribution < 1.29 is 0 Å². The minimum absolute atomic E-state index is 0.605. The lowest BCUT2D eigenvalue weighted by molar-refractivity contribution is 1.52. The molecule has 3 rings (SSSR count). The van der Waals surface area contributed by atoms with E-state index < -0.39 is 0 Å². The predicted molar refractivity (Wildman–Crippen MR) is 88.9 cm³/mol. The van der Waals surface area contributed by atoms with Crippen molar-refractivity contribution in [2.24, 2.45) is 0 Å². The number of nitriles is 1. The number of benzene rings is 3. The lowest BCUT2D eigenvalue weighted by atomic mass is 10.00. The molecule has 0 spiro atoms. The van der Waals surface area contributed by atoms with E-state index in [4.69, 9.17) is 11.6 Å². The zero-order valence-corrected chi connectivity index (χ0v) is 12.0. The molecule has 0 aliphatic carbocycles. The second-order valence-corrected chi connectivity index (χ2v) is 5.18. The van der Waals surface area contributed by atoms with Gasteiger partial charge < -0.3 is 0 Å². The Morgan fingerprint density at radius 3 is 2.52 bits per heavy atom. The van der Waals surface area contributed by atoms with Crippen LogP contribution in [0.15, 0.2) is 66.7 Å². The Morgan fingerprint density at radius 1 is 0.952 bits per heavy atom. The second kappa shape index (κ2) is 5.83. The van der Waals surface area contributed by atoms with Crippen molar-refractivity contribution in [2.75, 3.05) is 0 Å². The molecule has 3 aromatic rings. The van der Waals surface area contributed by atoms with Crippen LogP contribution < -0.4 is 0 Å². The first-order valence-corrected chi connectivity index (χ1v) is 7.01. The van der Waals surface area contributed by atoms with E-state index in [0.717, 1.165) is 21.9 Å². The van der Waals surface area contributed by atoms with Crippen LogP contribution >= 0.6 is 11.6 Å². The molecule has 0 radical (unpaired) electrons. The highest BCUT2D eigenvalue weighted by Crippen LogP contribution is 2.25. The van der Waals surface area contributed by atoms with E-state index in [9.17, 15) is 5.26 Å². The lowest BCUT2D eigenvalue weighted by Crippen LogP contribution is -1.83. The maximum Gasteiger partial charge on any atom is 0.0998 e. The quantitative estimate of drug-likeness (QED) is 0.448. The van der Waals surface area contributed by atoms with Gasteiger partial charge in [-0.25, -0.2) is 0 Å². The number of hydrogen-bond acceptors (Lipinski definition) is 1. The van der Waals surface area contributed by atoms with Crippen molar-refractivity contribution in [3.8, 4) is 6.07 Å². The fourth-order valence-electron chi connectivity index (χ4n) is 2.37. The molecule has 1 nitrogen and oxygen atoms in total. The average Bonchev–Trinajstić information content (AvgIpc) is 2.52. The molecule has 0 aliphatic rings. The van der Waals surface area contributed by atoms with Gasteiger partial charge in [-0.1, -0.05) is 66.2 Å². The summed E-state index contributed by atoms with van der Waals surface area (Å²) >= 11 is 6.01. The third-order valence-corrected chi connectivity index (χ3v) is 3.61. The van der Waals surface area contributed by atoms with Crippen molar-refractivity contribution in [1.82, 2.24) is 0 Å². The van der Waals surface area contributed by atoms with Crippen LogP contribution in [0.2, 0.25) is 5.02 Å². The van der Waals surface area contributed by atoms with E-state index in [-0.39, 0.29) is 0 Å². The van der Waals surface area contributed by atoms with Crippen LogP contribution in [0.4, 0.5) is 0 Å². The Bertz CT molecular complexity index is 867. The fraction of sp³-hybridized carbons (Fsp3) is 0. The summed E-state index contributed by atoms with van der Waals surface area (Å²) in [6.07, 6.45) is 1.91. The van der Waals surface area contributed by atoms with E-state index in [0.29, 0.717) is 10.6 Å². The molecule has 0 bridgehead atoms. The van der Waals surface area contributed by atoms with Crippen LogP contribution in [0, 0.1) is 11.3 Å². The highest BCUT2D eigenvalue weighted by Gasteiger charge is 2.04. The number of allylic oxidation sites excluding steroid dienone is 1. The summed E-state index contributed by atoms with van der Waals surface area (Å²) in [5.74, 6) is 0. The van der Waals surface area contributed by atoms with E-state index in [1.54, 1.807) is 6.07 Å². The van der Waals surface area contributed by atoms with Crippen molar-refractivity contribution in [3.05, 3.63) is 82.9 Å². The van der Waals surface area contributed by atoms with E-state index >= 15 is 0 Å². The van der Waals surface area contributed by atoms with Crippen LogP contribution in [-0.4, -0.2) is 0 Å². The van der Waals surface area contributed by atoms with Gasteiger partial charge in [0.2, 0.25) is 0 Å². The number of fused-ring (bicyclic) bond motifs is 1. The molecule has 0 amide bonds. The molecule has 0 saturated heterocycles. The zero-order valence-electron chi connectivity index (χ0n) is 11.3. The first-order chi connectivity index (χ1) is 10.3. The largest absolute Gasteiger partial charge is 0.192 e. The van der Waals surface area contributed by atoms with Crippen molar-refractivity contribution in [2.45, 2.75) is 0 Å².